The fourth-order valence-corrected chi connectivity index (χ4v) is 3.04. The Morgan fingerprint density at radius 1 is 1.62 bits per heavy atom. The number of aromatic nitrogens is 1. The van der Waals surface area contributed by atoms with Crippen LogP contribution in [0, 0.1) is 12.8 Å². The van der Waals surface area contributed by atoms with Crippen LogP contribution in [0.15, 0.2) is 12.3 Å². The van der Waals surface area contributed by atoms with Gasteiger partial charge in [0.05, 0.1) is 5.56 Å². The standard InChI is InChI=1S/C14H16FN3O3/c1-8-4-11(17-6-10(8)12(19)20)18-7-9-5-16-3-2-14(9,15)13(18)21/h4,6,9,16H,2-3,5,7H2,1H3,(H,19,20)/t9-,14+/m0/s1. The maximum absolute atomic E-state index is 14.8. The Labute approximate surface area is 121 Å². The van der Waals surface area contributed by atoms with Crippen molar-refractivity contribution in [3.05, 3.63) is 23.4 Å². The summed E-state index contributed by atoms with van der Waals surface area (Å²) in [6.45, 7) is 2.85. The lowest BCUT2D eigenvalue weighted by Gasteiger charge is -2.29. The predicted octanol–water partition coefficient (Wildman–Crippen LogP) is 0.753. The molecule has 0 unspecified atom stereocenters. The molecule has 3 rings (SSSR count). The minimum Gasteiger partial charge on any atom is -0.478 e. The summed E-state index contributed by atoms with van der Waals surface area (Å²) < 4.78 is 14.8. The number of aryl methyl sites for hydroxylation is 1. The molecule has 0 bridgehead atoms. The third-order valence-corrected chi connectivity index (χ3v) is 4.31. The second-order valence-corrected chi connectivity index (χ2v) is 5.59. The Kier molecular flexibility index (Phi) is 3.16. The summed E-state index contributed by atoms with van der Waals surface area (Å²) in [6.07, 6.45) is 1.38. The second-order valence-electron chi connectivity index (χ2n) is 5.59. The number of hydrogen-bond donors (Lipinski definition) is 2. The maximum Gasteiger partial charge on any atom is 0.337 e. The molecule has 2 atom stereocenters. The Hall–Kier alpha value is -2.02. The minimum absolute atomic E-state index is 0.0828. The highest BCUT2D eigenvalue weighted by molar-refractivity contribution is 6.02. The number of amides is 1. The number of piperidine rings is 1. The van der Waals surface area contributed by atoms with Crippen LogP contribution in [0.5, 0.6) is 0 Å². The number of pyridine rings is 1. The second kappa shape index (κ2) is 4.77. The first-order valence-corrected chi connectivity index (χ1v) is 6.85. The first kappa shape index (κ1) is 13.9. The number of carboxylic acids is 1. The van der Waals surface area contributed by atoms with Crippen molar-refractivity contribution >= 4 is 17.7 Å². The number of fused-ring (bicyclic) bond motifs is 1. The van der Waals surface area contributed by atoms with Gasteiger partial charge in [-0.15, -0.1) is 0 Å². The summed E-state index contributed by atoms with van der Waals surface area (Å²) in [7, 11) is 0. The monoisotopic (exact) mass is 293 g/mol. The predicted molar refractivity (Wildman–Crippen MR) is 73.1 cm³/mol. The normalized spacial score (nSPS) is 28.6. The quantitative estimate of drug-likeness (QED) is 0.841. The van der Waals surface area contributed by atoms with Crippen molar-refractivity contribution in [1.29, 1.82) is 0 Å². The van der Waals surface area contributed by atoms with Crippen molar-refractivity contribution in [2.24, 2.45) is 5.92 Å². The Bertz CT molecular complexity index is 621. The summed E-state index contributed by atoms with van der Waals surface area (Å²) >= 11 is 0. The van der Waals surface area contributed by atoms with E-state index >= 15 is 0 Å². The Morgan fingerprint density at radius 2 is 2.38 bits per heavy atom. The smallest absolute Gasteiger partial charge is 0.337 e. The van der Waals surface area contributed by atoms with Gasteiger partial charge in [0.2, 0.25) is 0 Å². The van der Waals surface area contributed by atoms with Gasteiger partial charge in [-0.3, -0.25) is 9.69 Å². The number of aromatic carboxylic acids is 1. The number of halogens is 1. The number of carbonyl (C=O) groups excluding carboxylic acids is 1. The summed E-state index contributed by atoms with van der Waals surface area (Å²) in [6, 6.07) is 1.52. The van der Waals surface area contributed by atoms with Crippen LogP contribution >= 0.6 is 0 Å². The average molecular weight is 293 g/mol. The molecule has 1 amide bonds. The van der Waals surface area contributed by atoms with Gasteiger partial charge in [-0.1, -0.05) is 0 Å². The van der Waals surface area contributed by atoms with Crippen molar-refractivity contribution in [2.75, 3.05) is 24.5 Å². The van der Waals surface area contributed by atoms with Crippen LogP contribution in [0.1, 0.15) is 22.3 Å². The number of anilines is 1. The molecule has 7 heteroatoms. The molecule has 2 aliphatic heterocycles. The van der Waals surface area contributed by atoms with Gasteiger partial charge in [0.15, 0.2) is 5.67 Å². The molecule has 3 heterocycles. The molecule has 0 saturated carbocycles. The van der Waals surface area contributed by atoms with E-state index in [4.69, 9.17) is 5.11 Å². The van der Waals surface area contributed by atoms with Gasteiger partial charge in [-0.2, -0.15) is 0 Å². The van der Waals surface area contributed by atoms with Crippen LogP contribution in [0.25, 0.3) is 0 Å². The summed E-state index contributed by atoms with van der Waals surface area (Å²) in [5.74, 6) is -1.71. The molecule has 0 spiro atoms. The average Bonchev–Trinajstić information content (AvgIpc) is 2.71. The van der Waals surface area contributed by atoms with Gasteiger partial charge in [0, 0.05) is 31.6 Å². The lowest BCUT2D eigenvalue weighted by atomic mass is 9.86. The molecule has 0 aromatic carbocycles. The van der Waals surface area contributed by atoms with Gasteiger partial charge in [0.1, 0.15) is 5.82 Å². The molecule has 1 aromatic heterocycles. The molecule has 2 N–H and O–H groups in total. The molecule has 21 heavy (non-hydrogen) atoms. The molecule has 0 radical (unpaired) electrons. The fraction of sp³-hybridized carbons (Fsp3) is 0.500. The van der Waals surface area contributed by atoms with E-state index in [9.17, 15) is 14.0 Å². The van der Waals surface area contributed by atoms with Crippen molar-refractivity contribution in [3.8, 4) is 0 Å². The lowest BCUT2D eigenvalue weighted by molar-refractivity contribution is -0.130. The molecule has 1 aromatic rings. The van der Waals surface area contributed by atoms with E-state index in [1.165, 1.54) is 17.2 Å². The lowest BCUT2D eigenvalue weighted by Crippen LogP contribution is -2.49. The van der Waals surface area contributed by atoms with Gasteiger partial charge >= 0.3 is 5.97 Å². The van der Waals surface area contributed by atoms with Crippen LogP contribution in [0.4, 0.5) is 10.2 Å². The highest BCUT2D eigenvalue weighted by atomic mass is 19.1. The van der Waals surface area contributed by atoms with E-state index in [1.54, 1.807) is 6.92 Å². The minimum atomic E-state index is -1.83. The van der Waals surface area contributed by atoms with Crippen LogP contribution < -0.4 is 10.2 Å². The zero-order chi connectivity index (χ0) is 15.2. The van der Waals surface area contributed by atoms with E-state index in [2.05, 4.69) is 10.3 Å². The van der Waals surface area contributed by atoms with E-state index < -0.39 is 17.5 Å². The van der Waals surface area contributed by atoms with E-state index in [1.807, 2.05) is 0 Å². The first-order chi connectivity index (χ1) is 9.93. The highest BCUT2D eigenvalue weighted by Crippen LogP contribution is 2.39. The van der Waals surface area contributed by atoms with Crippen molar-refractivity contribution in [2.45, 2.75) is 19.0 Å². The SMILES string of the molecule is Cc1cc(N2C[C@@H]3CNCC[C@]3(F)C2=O)ncc1C(=O)O. The third kappa shape index (κ3) is 2.08. The number of carbonyl (C=O) groups is 2. The third-order valence-electron chi connectivity index (χ3n) is 4.31. The van der Waals surface area contributed by atoms with Gasteiger partial charge in [0.25, 0.3) is 5.91 Å². The Morgan fingerprint density at radius 3 is 3.00 bits per heavy atom. The van der Waals surface area contributed by atoms with E-state index in [-0.39, 0.29) is 24.4 Å². The summed E-state index contributed by atoms with van der Waals surface area (Å²) in [4.78, 5) is 28.7. The number of rotatable bonds is 2. The highest BCUT2D eigenvalue weighted by Gasteiger charge is 2.56. The fourth-order valence-electron chi connectivity index (χ4n) is 3.04. The van der Waals surface area contributed by atoms with Crippen molar-refractivity contribution in [3.63, 3.8) is 0 Å². The van der Waals surface area contributed by atoms with Gasteiger partial charge in [-0.05, 0) is 25.1 Å². The molecular formula is C14H16FN3O3. The number of nitrogens with one attached hydrogen (secondary N) is 1. The maximum atomic E-state index is 14.8. The molecule has 2 saturated heterocycles. The number of alkyl halides is 1. The van der Waals surface area contributed by atoms with Crippen molar-refractivity contribution < 1.29 is 19.1 Å². The van der Waals surface area contributed by atoms with Crippen LogP contribution in [0.2, 0.25) is 0 Å². The molecule has 112 valence electrons. The van der Waals surface area contributed by atoms with Crippen LogP contribution in [-0.4, -0.2) is 47.3 Å². The molecule has 0 aliphatic carbocycles. The molecule has 2 aliphatic rings. The molecule has 2 fully saturated rings. The van der Waals surface area contributed by atoms with Crippen LogP contribution in [0.3, 0.4) is 0 Å². The van der Waals surface area contributed by atoms with Gasteiger partial charge < -0.3 is 10.4 Å². The molecule has 6 nitrogen and oxygen atoms in total. The Balaban J connectivity index is 1.93. The zero-order valence-electron chi connectivity index (χ0n) is 11.6. The van der Waals surface area contributed by atoms with Gasteiger partial charge in [-0.25, -0.2) is 14.2 Å². The van der Waals surface area contributed by atoms with E-state index in [0.29, 0.717) is 24.5 Å². The zero-order valence-corrected chi connectivity index (χ0v) is 11.6. The van der Waals surface area contributed by atoms with Crippen LogP contribution in [-0.2, 0) is 4.79 Å². The van der Waals surface area contributed by atoms with Crippen molar-refractivity contribution in [1.82, 2.24) is 10.3 Å². The number of nitrogens with zero attached hydrogens (tertiary/aromatic N) is 2. The largest absolute Gasteiger partial charge is 0.478 e. The first-order valence-electron chi connectivity index (χ1n) is 6.85. The topological polar surface area (TPSA) is 82.5 Å². The molecular weight excluding hydrogens is 277 g/mol. The number of carboxylic acid groups (broad SMARTS) is 1. The summed E-state index contributed by atoms with van der Waals surface area (Å²) in [5.41, 5.74) is -1.24. The summed E-state index contributed by atoms with van der Waals surface area (Å²) in [5, 5.41) is 12.1. The number of hydrogen-bond acceptors (Lipinski definition) is 4. The van der Waals surface area contributed by atoms with E-state index in [0.717, 1.165) is 0 Å².